The van der Waals surface area contributed by atoms with Crippen molar-refractivity contribution in [2.24, 2.45) is 5.92 Å². The van der Waals surface area contributed by atoms with Gasteiger partial charge in [-0.25, -0.2) is 4.39 Å². The van der Waals surface area contributed by atoms with E-state index in [0.29, 0.717) is 6.61 Å². The second-order valence-electron chi connectivity index (χ2n) is 4.83. The molecule has 1 saturated heterocycles. The molecule has 1 aliphatic heterocycles. The van der Waals surface area contributed by atoms with Gasteiger partial charge < -0.3 is 14.4 Å². The summed E-state index contributed by atoms with van der Waals surface area (Å²) in [5.74, 6) is -0.245. The van der Waals surface area contributed by atoms with E-state index >= 15 is 0 Å². The lowest BCUT2D eigenvalue weighted by molar-refractivity contribution is -0.148. The molecule has 1 heterocycles. The molecule has 1 fully saturated rings. The third-order valence-electron chi connectivity index (χ3n) is 3.61. The number of hydrogen-bond donors (Lipinski definition) is 0. The molecular formula is C15H20FNO3. The molecule has 1 aliphatic rings. The molecule has 0 radical (unpaired) electrons. The molecule has 5 heteroatoms. The normalized spacial score (nSPS) is 16.1. The molecule has 0 atom stereocenters. The van der Waals surface area contributed by atoms with Gasteiger partial charge >= 0.3 is 5.97 Å². The summed E-state index contributed by atoms with van der Waals surface area (Å²) in [7, 11) is 1.45. The second kappa shape index (κ2) is 6.59. The van der Waals surface area contributed by atoms with Gasteiger partial charge in [-0.3, -0.25) is 4.79 Å². The van der Waals surface area contributed by atoms with E-state index in [4.69, 9.17) is 9.47 Å². The van der Waals surface area contributed by atoms with Crippen LogP contribution in [0.1, 0.15) is 19.8 Å². The first-order valence-electron chi connectivity index (χ1n) is 6.90. The molecule has 0 aliphatic carbocycles. The maximum atomic E-state index is 13.4. The first-order valence-corrected chi connectivity index (χ1v) is 6.90. The van der Waals surface area contributed by atoms with Gasteiger partial charge in [-0.15, -0.1) is 0 Å². The van der Waals surface area contributed by atoms with Crippen molar-refractivity contribution in [2.75, 3.05) is 31.7 Å². The van der Waals surface area contributed by atoms with Gasteiger partial charge in [-0.2, -0.15) is 0 Å². The van der Waals surface area contributed by atoms with Gasteiger partial charge in [-0.05, 0) is 31.9 Å². The molecule has 0 aromatic heterocycles. The molecule has 0 unspecified atom stereocenters. The maximum absolute atomic E-state index is 13.4. The van der Waals surface area contributed by atoms with E-state index in [2.05, 4.69) is 4.90 Å². The summed E-state index contributed by atoms with van der Waals surface area (Å²) in [6.07, 6.45) is 1.52. The van der Waals surface area contributed by atoms with E-state index in [1.54, 1.807) is 12.1 Å². The minimum Gasteiger partial charge on any atom is -0.494 e. The zero-order valence-electron chi connectivity index (χ0n) is 11.9. The highest BCUT2D eigenvalue weighted by atomic mass is 19.1. The molecule has 0 N–H and O–H groups in total. The summed E-state index contributed by atoms with van der Waals surface area (Å²) in [4.78, 5) is 13.8. The Bertz CT molecular complexity index is 470. The molecule has 20 heavy (non-hydrogen) atoms. The number of ether oxygens (including phenoxy) is 2. The zero-order valence-corrected chi connectivity index (χ0v) is 11.9. The summed E-state index contributed by atoms with van der Waals surface area (Å²) >= 11 is 0. The van der Waals surface area contributed by atoms with Crippen molar-refractivity contribution in [3.8, 4) is 5.75 Å². The molecular weight excluding hydrogens is 261 g/mol. The molecule has 0 spiro atoms. The van der Waals surface area contributed by atoms with Crippen molar-refractivity contribution in [3.05, 3.63) is 24.0 Å². The summed E-state index contributed by atoms with van der Waals surface area (Å²) in [6, 6.07) is 4.84. The summed E-state index contributed by atoms with van der Waals surface area (Å²) in [6.45, 7) is 3.77. The number of carbonyl (C=O) groups is 1. The predicted octanol–water partition coefficient (Wildman–Crippen LogP) is 2.61. The van der Waals surface area contributed by atoms with Crippen LogP contribution < -0.4 is 9.64 Å². The van der Waals surface area contributed by atoms with Gasteiger partial charge in [0.15, 0.2) is 11.6 Å². The number of anilines is 1. The molecule has 4 nitrogen and oxygen atoms in total. The van der Waals surface area contributed by atoms with Crippen LogP contribution in [0.3, 0.4) is 0 Å². The summed E-state index contributed by atoms with van der Waals surface area (Å²) < 4.78 is 23.4. The Balaban J connectivity index is 1.98. The number of hydrogen-bond acceptors (Lipinski definition) is 4. The van der Waals surface area contributed by atoms with Gasteiger partial charge in [0.1, 0.15) is 0 Å². The maximum Gasteiger partial charge on any atom is 0.309 e. The fraction of sp³-hybridized carbons (Fsp3) is 0.533. The third kappa shape index (κ3) is 3.21. The van der Waals surface area contributed by atoms with E-state index in [-0.39, 0.29) is 23.5 Å². The molecule has 110 valence electrons. The number of benzene rings is 1. The molecule has 1 aromatic rings. The smallest absolute Gasteiger partial charge is 0.309 e. The fourth-order valence-electron chi connectivity index (χ4n) is 2.48. The van der Waals surface area contributed by atoms with Crippen LogP contribution >= 0.6 is 0 Å². The van der Waals surface area contributed by atoms with E-state index in [0.717, 1.165) is 31.6 Å². The molecule has 2 rings (SSSR count). The van der Waals surface area contributed by atoms with Crippen LogP contribution in [0.25, 0.3) is 0 Å². The highest BCUT2D eigenvalue weighted by Crippen LogP contribution is 2.28. The third-order valence-corrected chi connectivity index (χ3v) is 3.61. The highest BCUT2D eigenvalue weighted by Gasteiger charge is 2.26. The first-order chi connectivity index (χ1) is 9.65. The Morgan fingerprint density at radius 3 is 2.70 bits per heavy atom. The van der Waals surface area contributed by atoms with Crippen LogP contribution in [0.2, 0.25) is 0 Å². The van der Waals surface area contributed by atoms with Gasteiger partial charge in [0.2, 0.25) is 0 Å². The molecule has 0 amide bonds. The minimum absolute atomic E-state index is 0.0199. The number of halogens is 1. The van der Waals surface area contributed by atoms with Crippen molar-refractivity contribution in [2.45, 2.75) is 19.8 Å². The fourth-order valence-corrected chi connectivity index (χ4v) is 2.48. The Hall–Kier alpha value is -1.78. The lowest BCUT2D eigenvalue weighted by atomic mass is 9.96. The summed E-state index contributed by atoms with van der Waals surface area (Å²) in [5.41, 5.74) is 0.922. The number of nitrogens with zero attached hydrogens (tertiary/aromatic N) is 1. The zero-order chi connectivity index (χ0) is 14.5. The highest BCUT2D eigenvalue weighted by molar-refractivity contribution is 5.73. The van der Waals surface area contributed by atoms with Crippen molar-refractivity contribution in [3.63, 3.8) is 0 Å². The number of carbonyl (C=O) groups excluding carboxylic acids is 1. The van der Waals surface area contributed by atoms with E-state index in [1.165, 1.54) is 13.2 Å². The average Bonchev–Trinajstić information content (AvgIpc) is 2.48. The van der Waals surface area contributed by atoms with Crippen LogP contribution in [0.4, 0.5) is 10.1 Å². The number of rotatable bonds is 4. The number of piperidine rings is 1. The number of methoxy groups -OCH3 is 1. The molecule has 0 bridgehead atoms. The van der Waals surface area contributed by atoms with Gasteiger partial charge in [-0.1, -0.05) is 0 Å². The van der Waals surface area contributed by atoms with E-state index in [1.807, 2.05) is 6.92 Å². The van der Waals surface area contributed by atoms with Crippen LogP contribution in [0, 0.1) is 11.7 Å². The van der Waals surface area contributed by atoms with Crippen LogP contribution in [0.5, 0.6) is 5.75 Å². The van der Waals surface area contributed by atoms with Crippen molar-refractivity contribution < 1.29 is 18.7 Å². The van der Waals surface area contributed by atoms with Gasteiger partial charge in [0.05, 0.1) is 19.6 Å². The second-order valence-corrected chi connectivity index (χ2v) is 4.83. The van der Waals surface area contributed by atoms with Crippen LogP contribution in [-0.4, -0.2) is 32.8 Å². The largest absolute Gasteiger partial charge is 0.494 e. The summed E-state index contributed by atoms with van der Waals surface area (Å²) in [5, 5.41) is 0. The molecule has 0 saturated carbocycles. The quantitative estimate of drug-likeness (QED) is 0.795. The lowest BCUT2D eigenvalue weighted by Crippen LogP contribution is -2.37. The van der Waals surface area contributed by atoms with Gasteiger partial charge in [0.25, 0.3) is 0 Å². The minimum atomic E-state index is -0.363. The Morgan fingerprint density at radius 1 is 1.40 bits per heavy atom. The first kappa shape index (κ1) is 14.6. The lowest BCUT2D eigenvalue weighted by Gasteiger charge is -2.32. The molecule has 1 aromatic carbocycles. The Kier molecular flexibility index (Phi) is 4.82. The van der Waals surface area contributed by atoms with E-state index < -0.39 is 0 Å². The van der Waals surface area contributed by atoms with Crippen molar-refractivity contribution in [1.29, 1.82) is 0 Å². The van der Waals surface area contributed by atoms with Crippen molar-refractivity contribution >= 4 is 11.7 Å². The predicted molar refractivity (Wildman–Crippen MR) is 74.5 cm³/mol. The Labute approximate surface area is 118 Å². The SMILES string of the molecule is CCOC(=O)C1CCN(c2ccc(F)c(OC)c2)CC1. The average molecular weight is 281 g/mol. The monoisotopic (exact) mass is 281 g/mol. The van der Waals surface area contributed by atoms with E-state index in [9.17, 15) is 9.18 Å². The Morgan fingerprint density at radius 2 is 2.10 bits per heavy atom. The number of esters is 1. The van der Waals surface area contributed by atoms with Crippen LogP contribution in [-0.2, 0) is 9.53 Å². The van der Waals surface area contributed by atoms with Crippen LogP contribution in [0.15, 0.2) is 18.2 Å². The standard InChI is InChI=1S/C15H20FNO3/c1-3-20-15(18)11-6-8-17(9-7-11)12-4-5-13(16)14(10-12)19-2/h4-5,10-11H,3,6-9H2,1-2H3. The van der Waals surface area contributed by atoms with Gasteiger partial charge in [0, 0.05) is 24.8 Å². The topological polar surface area (TPSA) is 38.8 Å². The van der Waals surface area contributed by atoms with Crippen molar-refractivity contribution in [1.82, 2.24) is 0 Å².